The summed E-state index contributed by atoms with van der Waals surface area (Å²) in [5, 5.41) is 13.8. The molecule has 1 unspecified atom stereocenters. The third-order valence-corrected chi connectivity index (χ3v) is 14.3. The van der Waals surface area contributed by atoms with Crippen LogP contribution in [0.15, 0.2) is 12.2 Å². The van der Waals surface area contributed by atoms with E-state index >= 15 is 0 Å². The second-order valence-corrected chi connectivity index (χ2v) is 15.7. The number of carboxylic acids is 1. The monoisotopic (exact) mass is 555 g/mol. The summed E-state index contributed by atoms with van der Waals surface area (Å²) in [6, 6.07) is -0.0145. The van der Waals surface area contributed by atoms with Crippen LogP contribution in [-0.4, -0.2) is 35.6 Å². The van der Waals surface area contributed by atoms with E-state index in [1.54, 1.807) is 6.92 Å². The lowest BCUT2D eigenvalue weighted by atomic mass is 9.32. The van der Waals surface area contributed by atoms with Crippen molar-refractivity contribution in [3.8, 4) is 0 Å². The maximum absolute atomic E-state index is 12.9. The van der Waals surface area contributed by atoms with Gasteiger partial charge in [-0.05, 0) is 117 Å². The first-order chi connectivity index (χ1) is 18.6. The Morgan fingerprint density at radius 1 is 0.850 bits per heavy atom. The quantitative estimate of drug-likeness (QED) is 0.288. The van der Waals surface area contributed by atoms with Crippen molar-refractivity contribution in [1.29, 1.82) is 0 Å². The highest BCUT2D eigenvalue weighted by molar-refractivity contribution is 5.76. The smallest absolute Gasteiger partial charge is 0.309 e. The van der Waals surface area contributed by atoms with Gasteiger partial charge >= 0.3 is 11.9 Å². The Kier molecular flexibility index (Phi) is 7.11. The van der Waals surface area contributed by atoms with Gasteiger partial charge in [0.05, 0.1) is 12.0 Å². The highest BCUT2D eigenvalue weighted by Crippen LogP contribution is 2.77. The van der Waals surface area contributed by atoms with Crippen LogP contribution in [0.1, 0.15) is 113 Å². The van der Waals surface area contributed by atoms with Crippen LogP contribution in [0, 0.1) is 56.7 Å². The topological polar surface area (TPSA) is 92.7 Å². The number of amides is 1. The van der Waals surface area contributed by atoms with Crippen molar-refractivity contribution in [3.05, 3.63) is 12.2 Å². The fourth-order valence-corrected chi connectivity index (χ4v) is 12.3. The van der Waals surface area contributed by atoms with Gasteiger partial charge < -0.3 is 15.2 Å². The number of nitrogens with one attached hydrogen (secondary N) is 1. The van der Waals surface area contributed by atoms with Gasteiger partial charge in [0, 0.05) is 25.3 Å². The predicted molar refractivity (Wildman–Crippen MR) is 155 cm³/mol. The number of rotatable bonds is 5. The van der Waals surface area contributed by atoms with Gasteiger partial charge in [-0.3, -0.25) is 14.4 Å². The summed E-state index contributed by atoms with van der Waals surface area (Å²) in [6.07, 6.45) is 9.78. The summed E-state index contributed by atoms with van der Waals surface area (Å²) >= 11 is 0. The summed E-state index contributed by atoms with van der Waals surface area (Å²) in [5.41, 5.74) is 0.485. The number of aliphatic carboxylic acids is 1. The molecule has 0 heterocycles. The van der Waals surface area contributed by atoms with Crippen molar-refractivity contribution in [2.24, 2.45) is 56.7 Å². The minimum absolute atomic E-state index is 0.0145. The molecule has 11 atom stereocenters. The lowest BCUT2D eigenvalue weighted by molar-refractivity contribution is -0.245. The molecule has 224 valence electrons. The van der Waals surface area contributed by atoms with Crippen LogP contribution < -0.4 is 5.32 Å². The van der Waals surface area contributed by atoms with E-state index in [1.165, 1.54) is 6.92 Å². The molecule has 1 amide bonds. The highest BCUT2D eigenvalue weighted by atomic mass is 16.5. The fourth-order valence-electron chi connectivity index (χ4n) is 12.3. The molecule has 0 aromatic heterocycles. The first-order valence-corrected chi connectivity index (χ1v) is 15.9. The molecular weight excluding hydrogens is 502 g/mol. The maximum Gasteiger partial charge on any atom is 0.309 e. The molecule has 0 radical (unpaired) electrons. The fraction of sp³-hybridized carbons (Fsp3) is 0.853. The number of esters is 1. The molecule has 5 fully saturated rings. The number of hydrogen-bond acceptors (Lipinski definition) is 4. The Bertz CT molecular complexity index is 1100. The summed E-state index contributed by atoms with van der Waals surface area (Å²) in [5.74, 6) is 0.842. The average Bonchev–Trinajstić information content (AvgIpc) is 3.26. The van der Waals surface area contributed by atoms with Crippen LogP contribution in [0.25, 0.3) is 0 Å². The molecule has 6 nitrogen and oxygen atoms in total. The van der Waals surface area contributed by atoms with Gasteiger partial charge in [-0.15, -0.1) is 0 Å². The van der Waals surface area contributed by atoms with Crippen molar-refractivity contribution in [2.75, 3.05) is 6.61 Å². The van der Waals surface area contributed by atoms with Crippen LogP contribution >= 0.6 is 0 Å². The van der Waals surface area contributed by atoms with Crippen LogP contribution in [0.2, 0.25) is 0 Å². The van der Waals surface area contributed by atoms with Crippen LogP contribution in [0.5, 0.6) is 0 Å². The van der Waals surface area contributed by atoms with Gasteiger partial charge in [0.2, 0.25) is 5.91 Å². The normalized spacial score (nSPS) is 49.5. The number of carbonyl (C=O) groups excluding carboxylic acids is 2. The lowest BCUT2D eigenvalue weighted by Crippen LogP contribution is -2.69. The minimum atomic E-state index is -0.600. The van der Waals surface area contributed by atoms with Gasteiger partial charge in [-0.2, -0.15) is 0 Å². The standard InChI is InChI=1S/C34H53NO5/c1-20(2)23-11-16-34(29(38)39)18-17-32(7)24(28(23)34)9-10-26-30(5)14-13-27(35-21(3)36)31(6,19-40-22(4)37)25(30)12-15-33(26,32)8/h23-28H,1,9-19H2,2-8H3,(H,35,36)(H,38,39)/t23-,24+,25+,26+,27?,28+,30-,31-,32+,33+,34-/m0/s1. The third-order valence-electron chi connectivity index (χ3n) is 14.3. The zero-order chi connectivity index (χ0) is 29.5. The van der Waals surface area contributed by atoms with Gasteiger partial charge in [-0.1, -0.05) is 39.8 Å². The second kappa shape index (κ2) is 9.59. The van der Waals surface area contributed by atoms with Crippen molar-refractivity contribution in [1.82, 2.24) is 5.32 Å². The molecule has 6 heteroatoms. The Morgan fingerprint density at radius 2 is 1.55 bits per heavy atom. The maximum atomic E-state index is 12.9. The van der Waals surface area contributed by atoms with Crippen molar-refractivity contribution >= 4 is 17.8 Å². The van der Waals surface area contributed by atoms with Crippen LogP contribution in [0.3, 0.4) is 0 Å². The van der Waals surface area contributed by atoms with Crippen molar-refractivity contribution < 1.29 is 24.2 Å². The Balaban J connectivity index is 1.53. The average molecular weight is 556 g/mol. The van der Waals surface area contributed by atoms with E-state index in [0.29, 0.717) is 30.3 Å². The molecule has 5 saturated carbocycles. The number of ether oxygens (including phenoxy) is 1. The third kappa shape index (κ3) is 3.89. The molecule has 5 aliphatic carbocycles. The zero-order valence-corrected chi connectivity index (χ0v) is 26.0. The Labute approximate surface area is 241 Å². The molecule has 0 aromatic rings. The summed E-state index contributed by atoms with van der Waals surface area (Å²) in [4.78, 5) is 37.1. The van der Waals surface area contributed by atoms with E-state index in [0.717, 1.165) is 69.8 Å². The van der Waals surface area contributed by atoms with E-state index < -0.39 is 11.4 Å². The van der Waals surface area contributed by atoms with E-state index in [9.17, 15) is 19.5 Å². The minimum Gasteiger partial charge on any atom is -0.481 e. The number of carboxylic acid groups (broad SMARTS) is 1. The van der Waals surface area contributed by atoms with Crippen molar-refractivity contribution in [3.63, 3.8) is 0 Å². The number of fused-ring (bicyclic) bond motifs is 7. The van der Waals surface area contributed by atoms with Gasteiger partial charge in [0.25, 0.3) is 0 Å². The molecule has 0 saturated heterocycles. The number of allylic oxidation sites excluding steroid dienone is 1. The SMILES string of the molecule is C=C(C)[C@@H]1CC[C@]2(C(=O)O)CC[C@]3(C)[C@H](CC[C@@H]4[C@@]5(C)CCC(NC(C)=O)[C@@](C)(COC(C)=O)[C@@H]5CC[C@]43C)[C@@H]12. The highest BCUT2D eigenvalue weighted by Gasteiger charge is 2.72. The number of carbonyl (C=O) groups is 3. The van der Waals surface area contributed by atoms with Crippen molar-refractivity contribution in [2.45, 2.75) is 119 Å². The first kappa shape index (κ1) is 29.6. The molecular formula is C34H53NO5. The molecule has 5 aliphatic rings. The molecule has 40 heavy (non-hydrogen) atoms. The van der Waals surface area contributed by atoms with Gasteiger partial charge in [0.15, 0.2) is 0 Å². The van der Waals surface area contributed by atoms with E-state index in [-0.39, 0.29) is 45.5 Å². The molecule has 2 N–H and O–H groups in total. The van der Waals surface area contributed by atoms with E-state index in [1.807, 2.05) is 0 Å². The largest absolute Gasteiger partial charge is 0.481 e. The first-order valence-electron chi connectivity index (χ1n) is 15.9. The molecule has 0 spiro atoms. The van der Waals surface area contributed by atoms with E-state index in [2.05, 4.69) is 46.5 Å². The molecule has 0 aromatic carbocycles. The summed E-state index contributed by atoms with van der Waals surface area (Å²) < 4.78 is 5.72. The molecule has 5 rings (SSSR count). The number of hydrogen-bond donors (Lipinski definition) is 2. The summed E-state index contributed by atoms with van der Waals surface area (Å²) in [7, 11) is 0. The van der Waals surface area contributed by atoms with Gasteiger partial charge in [0.1, 0.15) is 0 Å². The summed E-state index contributed by atoms with van der Waals surface area (Å²) in [6.45, 7) is 19.7. The second-order valence-electron chi connectivity index (χ2n) is 15.7. The lowest BCUT2D eigenvalue weighted by Gasteiger charge is -2.73. The molecule has 0 bridgehead atoms. The Hall–Kier alpha value is -1.85. The predicted octanol–water partition coefficient (Wildman–Crippen LogP) is 6.78. The Morgan fingerprint density at radius 3 is 2.15 bits per heavy atom. The molecule has 0 aliphatic heterocycles. The zero-order valence-electron chi connectivity index (χ0n) is 26.0. The van der Waals surface area contributed by atoms with Gasteiger partial charge in [-0.25, -0.2) is 0 Å². The van der Waals surface area contributed by atoms with Crippen LogP contribution in [0.4, 0.5) is 0 Å². The van der Waals surface area contributed by atoms with Crippen LogP contribution in [-0.2, 0) is 19.1 Å². The van der Waals surface area contributed by atoms with E-state index in [4.69, 9.17) is 4.74 Å².